The molecule has 3 aromatic rings. The molecule has 0 radical (unpaired) electrons. The van der Waals surface area contributed by atoms with E-state index in [4.69, 9.17) is 0 Å². The van der Waals surface area contributed by atoms with Gasteiger partial charge in [-0.2, -0.15) is 0 Å². The molecule has 1 N–H and O–H groups in total. The van der Waals surface area contributed by atoms with Crippen molar-refractivity contribution in [2.24, 2.45) is 0 Å². The number of carbonyl (C=O) groups excluding carboxylic acids is 2. The first-order valence-electron chi connectivity index (χ1n) is 11.4. The first-order chi connectivity index (χ1) is 17.2. The summed E-state index contributed by atoms with van der Waals surface area (Å²) in [5.74, 6) is -1.81. The maximum atomic E-state index is 13.8. The van der Waals surface area contributed by atoms with Crippen molar-refractivity contribution in [3.05, 3.63) is 92.2 Å². The fraction of sp³-hybridized carbons (Fsp3) is 0.269. The number of non-ortho nitro benzene ring substituents is 1. The Kier molecular flexibility index (Phi) is 7.27. The normalized spacial score (nSPS) is 15.7. The SMILES string of the molecule is Cc1nc(-c2ccccc2)sc1C(=O)C1=C(O)C(=O)N(CCCN(C)C)C1c1cccc([N+](=O)[O-])c1. The van der Waals surface area contributed by atoms with Crippen LogP contribution in [-0.4, -0.2) is 63.7 Å². The first kappa shape index (κ1) is 25.2. The number of thiazole rings is 1. The molecule has 2 aromatic carbocycles. The molecule has 0 saturated carbocycles. The lowest BCUT2D eigenvalue weighted by Gasteiger charge is -2.27. The molecular formula is C26H26N4O5S. The van der Waals surface area contributed by atoms with Gasteiger partial charge in [-0.3, -0.25) is 19.7 Å². The molecule has 0 bridgehead atoms. The van der Waals surface area contributed by atoms with E-state index in [0.29, 0.717) is 34.1 Å². The molecule has 2 heterocycles. The monoisotopic (exact) mass is 506 g/mol. The van der Waals surface area contributed by atoms with Gasteiger partial charge >= 0.3 is 0 Å². The van der Waals surface area contributed by atoms with Crippen LogP contribution in [0.1, 0.15) is 33.4 Å². The number of aryl methyl sites for hydroxylation is 1. The van der Waals surface area contributed by atoms with Crippen LogP contribution in [0.2, 0.25) is 0 Å². The molecule has 4 rings (SSSR count). The number of ketones is 1. The van der Waals surface area contributed by atoms with Crippen molar-refractivity contribution in [1.29, 1.82) is 0 Å². The summed E-state index contributed by atoms with van der Waals surface area (Å²) in [5, 5.41) is 23.0. The highest BCUT2D eigenvalue weighted by atomic mass is 32.1. The number of aliphatic hydroxyl groups excluding tert-OH is 1. The summed E-state index contributed by atoms with van der Waals surface area (Å²) in [6, 6.07) is 14.3. The third-order valence-corrected chi connectivity index (χ3v) is 7.18. The number of nitro benzene ring substituents is 1. The van der Waals surface area contributed by atoms with Crippen molar-refractivity contribution < 1.29 is 19.6 Å². The Bertz CT molecular complexity index is 1350. The maximum absolute atomic E-state index is 13.8. The Hall–Kier alpha value is -3.89. The number of amides is 1. The highest BCUT2D eigenvalue weighted by Gasteiger charge is 2.44. The molecule has 0 saturated heterocycles. The van der Waals surface area contributed by atoms with Crippen molar-refractivity contribution >= 4 is 28.7 Å². The molecule has 9 nitrogen and oxygen atoms in total. The van der Waals surface area contributed by atoms with Gasteiger partial charge in [0.25, 0.3) is 11.6 Å². The number of aromatic nitrogens is 1. The molecule has 1 unspecified atom stereocenters. The lowest BCUT2D eigenvalue weighted by molar-refractivity contribution is -0.384. The lowest BCUT2D eigenvalue weighted by Crippen LogP contribution is -2.33. The zero-order valence-electron chi connectivity index (χ0n) is 20.2. The highest BCUT2D eigenvalue weighted by Crippen LogP contribution is 2.41. The molecule has 1 aliphatic heterocycles. The largest absolute Gasteiger partial charge is 0.503 e. The number of nitrogens with zero attached hydrogens (tertiary/aromatic N) is 4. The van der Waals surface area contributed by atoms with Gasteiger partial charge in [-0.15, -0.1) is 11.3 Å². The molecule has 0 spiro atoms. The number of nitro groups is 1. The molecule has 1 amide bonds. The van der Waals surface area contributed by atoms with Crippen LogP contribution in [0.25, 0.3) is 10.6 Å². The van der Waals surface area contributed by atoms with Crippen LogP contribution in [0.3, 0.4) is 0 Å². The van der Waals surface area contributed by atoms with E-state index in [2.05, 4.69) is 4.98 Å². The van der Waals surface area contributed by atoms with Gasteiger partial charge < -0.3 is 14.9 Å². The van der Waals surface area contributed by atoms with E-state index in [1.54, 1.807) is 13.0 Å². The van der Waals surface area contributed by atoms with E-state index in [9.17, 15) is 24.8 Å². The second-order valence-electron chi connectivity index (χ2n) is 8.80. The number of Topliss-reactive ketones (excluding diaryl/α,β-unsaturated/α-hetero) is 1. The van der Waals surface area contributed by atoms with E-state index in [1.165, 1.54) is 34.4 Å². The van der Waals surface area contributed by atoms with Crippen LogP contribution in [0.15, 0.2) is 65.9 Å². The van der Waals surface area contributed by atoms with Crippen molar-refractivity contribution in [1.82, 2.24) is 14.8 Å². The molecule has 1 atom stereocenters. The standard InChI is InChI=1S/C26H26N4O5S/c1-16-24(36-25(27-16)17-9-5-4-6-10-17)22(31)20-21(18-11-7-12-19(15-18)30(34)35)29(26(33)23(20)32)14-8-13-28(2)3/h4-7,9-12,15,21,32H,8,13-14H2,1-3H3. The second-order valence-corrected chi connectivity index (χ2v) is 9.80. The smallest absolute Gasteiger partial charge is 0.290 e. The molecule has 10 heteroatoms. The van der Waals surface area contributed by atoms with Gasteiger partial charge in [-0.25, -0.2) is 4.98 Å². The summed E-state index contributed by atoms with van der Waals surface area (Å²) in [4.78, 5) is 46.1. The summed E-state index contributed by atoms with van der Waals surface area (Å²) < 4.78 is 0. The minimum Gasteiger partial charge on any atom is -0.503 e. The van der Waals surface area contributed by atoms with Gasteiger partial charge in [-0.05, 0) is 39.5 Å². The summed E-state index contributed by atoms with van der Waals surface area (Å²) in [6.07, 6.45) is 0.594. The van der Waals surface area contributed by atoms with Gasteiger partial charge in [0.1, 0.15) is 5.01 Å². The fourth-order valence-corrected chi connectivity index (χ4v) is 5.29. The lowest BCUT2D eigenvalue weighted by atomic mass is 9.94. The molecule has 0 aliphatic carbocycles. The summed E-state index contributed by atoms with van der Waals surface area (Å²) in [5.41, 5.74) is 1.48. The highest BCUT2D eigenvalue weighted by molar-refractivity contribution is 7.17. The number of aliphatic hydroxyl groups is 1. The third kappa shape index (κ3) is 4.91. The van der Waals surface area contributed by atoms with Gasteiger partial charge in [0.2, 0.25) is 5.78 Å². The van der Waals surface area contributed by atoms with E-state index >= 15 is 0 Å². The number of carbonyl (C=O) groups is 2. The van der Waals surface area contributed by atoms with Gasteiger partial charge in [0.05, 0.1) is 27.1 Å². The fourth-order valence-electron chi connectivity index (χ4n) is 4.26. The first-order valence-corrected chi connectivity index (χ1v) is 12.2. The second kappa shape index (κ2) is 10.4. The molecular weight excluding hydrogens is 480 g/mol. The van der Waals surface area contributed by atoms with Crippen molar-refractivity contribution in [3.8, 4) is 10.6 Å². The van der Waals surface area contributed by atoms with Gasteiger partial charge in [0.15, 0.2) is 5.76 Å². The minimum atomic E-state index is -0.950. The van der Waals surface area contributed by atoms with Gasteiger partial charge in [0, 0.05) is 24.2 Å². The van der Waals surface area contributed by atoms with E-state index in [1.807, 2.05) is 49.3 Å². The zero-order chi connectivity index (χ0) is 26.0. The number of rotatable bonds is 9. The number of hydrogen-bond donors (Lipinski definition) is 1. The molecule has 186 valence electrons. The topological polar surface area (TPSA) is 117 Å². The predicted octanol–water partition coefficient (Wildman–Crippen LogP) is 4.56. The zero-order valence-corrected chi connectivity index (χ0v) is 21.0. The minimum absolute atomic E-state index is 0.0864. The Labute approximate surface area is 212 Å². The number of hydrogen-bond acceptors (Lipinski definition) is 8. The van der Waals surface area contributed by atoms with E-state index < -0.39 is 28.4 Å². The van der Waals surface area contributed by atoms with Crippen LogP contribution in [0, 0.1) is 17.0 Å². The Morgan fingerprint density at radius 2 is 1.92 bits per heavy atom. The Morgan fingerprint density at radius 1 is 1.19 bits per heavy atom. The van der Waals surface area contributed by atoms with Crippen LogP contribution >= 0.6 is 11.3 Å². The maximum Gasteiger partial charge on any atom is 0.290 e. The van der Waals surface area contributed by atoms with Crippen LogP contribution in [-0.2, 0) is 4.79 Å². The molecule has 1 aromatic heterocycles. The molecule has 36 heavy (non-hydrogen) atoms. The average Bonchev–Trinajstić information content (AvgIpc) is 3.37. The Morgan fingerprint density at radius 3 is 2.58 bits per heavy atom. The Balaban J connectivity index is 1.77. The summed E-state index contributed by atoms with van der Waals surface area (Å²) >= 11 is 1.19. The van der Waals surface area contributed by atoms with Crippen molar-refractivity contribution in [2.45, 2.75) is 19.4 Å². The summed E-state index contributed by atoms with van der Waals surface area (Å²) in [7, 11) is 3.82. The average molecular weight is 507 g/mol. The van der Waals surface area contributed by atoms with Crippen molar-refractivity contribution in [2.75, 3.05) is 27.2 Å². The predicted molar refractivity (Wildman–Crippen MR) is 137 cm³/mol. The van der Waals surface area contributed by atoms with E-state index in [0.717, 1.165) is 5.56 Å². The van der Waals surface area contributed by atoms with Crippen LogP contribution in [0.5, 0.6) is 0 Å². The molecule has 1 aliphatic rings. The quantitative estimate of drug-likeness (QED) is 0.257. The van der Waals surface area contributed by atoms with Crippen LogP contribution in [0.4, 0.5) is 5.69 Å². The van der Waals surface area contributed by atoms with Crippen molar-refractivity contribution in [3.63, 3.8) is 0 Å². The van der Waals surface area contributed by atoms with Crippen LogP contribution < -0.4 is 0 Å². The molecule has 0 fully saturated rings. The summed E-state index contributed by atoms with van der Waals surface area (Å²) in [6.45, 7) is 2.66. The number of benzene rings is 2. The third-order valence-electron chi connectivity index (χ3n) is 5.97. The van der Waals surface area contributed by atoms with Gasteiger partial charge in [-0.1, -0.05) is 42.5 Å². The van der Waals surface area contributed by atoms with E-state index in [-0.39, 0.29) is 17.8 Å².